The Bertz CT molecular complexity index is 880. The van der Waals surface area contributed by atoms with Gasteiger partial charge < -0.3 is 9.47 Å². The maximum atomic E-state index is 10.9. The third-order valence-corrected chi connectivity index (χ3v) is 8.33. The summed E-state index contributed by atoms with van der Waals surface area (Å²) in [6, 6.07) is 16.8. The van der Waals surface area contributed by atoms with Gasteiger partial charge in [0.1, 0.15) is 6.29 Å². The molecule has 190 valence electrons. The summed E-state index contributed by atoms with van der Waals surface area (Å²) in [5, 5.41) is 0. The lowest BCUT2D eigenvalue weighted by molar-refractivity contribution is -0.257. The maximum absolute atomic E-state index is 10.9. The molecule has 3 atom stereocenters. The summed E-state index contributed by atoms with van der Waals surface area (Å²) in [7, 11) is 0. The molecule has 4 rings (SSSR count). The molecule has 1 heterocycles. The molecule has 1 saturated heterocycles. The third kappa shape index (κ3) is 7.27. The van der Waals surface area contributed by atoms with Gasteiger partial charge in [-0.25, -0.2) is 0 Å². The minimum Gasteiger partial charge on any atom is -0.352 e. The maximum Gasteiger partial charge on any atom is 0.160 e. The number of aldehydes is 1. The summed E-state index contributed by atoms with van der Waals surface area (Å²) >= 11 is 0. The Morgan fingerprint density at radius 2 is 1.46 bits per heavy atom. The van der Waals surface area contributed by atoms with Crippen LogP contribution in [0, 0.1) is 11.8 Å². The molecule has 1 aliphatic carbocycles. The van der Waals surface area contributed by atoms with E-state index in [2.05, 4.69) is 38.1 Å². The summed E-state index contributed by atoms with van der Waals surface area (Å²) < 4.78 is 12.7. The molecule has 0 N–H and O–H groups in total. The monoisotopic (exact) mass is 476 g/mol. The second-order valence-electron chi connectivity index (χ2n) is 10.8. The molecule has 0 unspecified atom stereocenters. The second-order valence-corrected chi connectivity index (χ2v) is 10.8. The van der Waals surface area contributed by atoms with Gasteiger partial charge in [-0.2, -0.15) is 0 Å². The van der Waals surface area contributed by atoms with E-state index in [1.807, 2.05) is 24.3 Å². The molecule has 2 aliphatic rings. The van der Waals surface area contributed by atoms with Gasteiger partial charge in [-0.1, -0.05) is 94.0 Å². The van der Waals surface area contributed by atoms with Crippen molar-refractivity contribution in [2.24, 2.45) is 11.8 Å². The molecule has 0 radical (unpaired) electrons. The molecule has 0 spiro atoms. The van der Waals surface area contributed by atoms with E-state index in [0.29, 0.717) is 23.9 Å². The summed E-state index contributed by atoms with van der Waals surface area (Å²) in [4.78, 5) is 10.9. The summed E-state index contributed by atoms with van der Waals surface area (Å²) in [6.45, 7) is 5.41. The number of benzene rings is 2. The summed E-state index contributed by atoms with van der Waals surface area (Å²) in [5.74, 6) is 1.71. The Balaban J connectivity index is 1.20. The summed E-state index contributed by atoms with van der Waals surface area (Å²) in [6.07, 6.45) is 15.3. The van der Waals surface area contributed by atoms with Gasteiger partial charge in [0.2, 0.25) is 0 Å². The summed E-state index contributed by atoms with van der Waals surface area (Å²) in [5.41, 5.74) is 4.51. The molecule has 0 amide bonds. The van der Waals surface area contributed by atoms with Crippen molar-refractivity contribution in [3.05, 3.63) is 59.7 Å². The van der Waals surface area contributed by atoms with Crippen LogP contribution in [-0.4, -0.2) is 25.3 Å². The van der Waals surface area contributed by atoms with Crippen molar-refractivity contribution < 1.29 is 14.3 Å². The Hall–Kier alpha value is -1.97. The number of carbonyl (C=O) groups is 1. The molecule has 2 fully saturated rings. The Morgan fingerprint density at radius 1 is 0.829 bits per heavy atom. The average molecular weight is 477 g/mol. The lowest BCUT2D eigenvalue weighted by Gasteiger charge is -2.40. The lowest BCUT2D eigenvalue weighted by Crippen LogP contribution is -2.42. The molecular weight excluding hydrogens is 432 g/mol. The van der Waals surface area contributed by atoms with Crippen LogP contribution < -0.4 is 0 Å². The van der Waals surface area contributed by atoms with Gasteiger partial charge in [0.05, 0.1) is 12.7 Å². The van der Waals surface area contributed by atoms with Crippen LogP contribution in [-0.2, 0) is 9.47 Å². The van der Waals surface area contributed by atoms with E-state index in [9.17, 15) is 4.79 Å². The van der Waals surface area contributed by atoms with E-state index in [-0.39, 0.29) is 6.29 Å². The van der Waals surface area contributed by atoms with Crippen molar-refractivity contribution in [1.29, 1.82) is 0 Å². The smallest absolute Gasteiger partial charge is 0.160 e. The Kier molecular flexibility index (Phi) is 9.97. The van der Waals surface area contributed by atoms with Crippen LogP contribution in [0.2, 0.25) is 0 Å². The number of hydrogen-bond donors (Lipinski definition) is 0. The van der Waals surface area contributed by atoms with E-state index in [4.69, 9.17) is 9.47 Å². The first-order valence-electron chi connectivity index (χ1n) is 14.1. The Labute approximate surface area is 212 Å². The zero-order valence-corrected chi connectivity index (χ0v) is 21.8. The molecule has 1 saturated carbocycles. The minimum absolute atomic E-state index is 0.0107. The molecule has 3 nitrogen and oxygen atoms in total. The fourth-order valence-corrected chi connectivity index (χ4v) is 5.89. The van der Waals surface area contributed by atoms with Gasteiger partial charge in [-0.05, 0) is 61.6 Å². The van der Waals surface area contributed by atoms with E-state index in [0.717, 1.165) is 24.0 Å². The number of hydrogen-bond acceptors (Lipinski definition) is 3. The largest absolute Gasteiger partial charge is 0.352 e. The van der Waals surface area contributed by atoms with E-state index in [1.165, 1.54) is 81.8 Å². The SMILES string of the molecule is CCCCCCCC[C@@H]1CO[C@@H](C2CCC(c3ccc(-c4ccc(C=O)cc4)cc3)CC2)O[C@H]1C. The number of carbonyl (C=O) groups excluding carboxylic acids is 1. The van der Waals surface area contributed by atoms with Crippen molar-refractivity contribution in [3.8, 4) is 11.1 Å². The minimum atomic E-state index is -0.0107. The predicted octanol–water partition coefficient (Wildman–Crippen LogP) is 8.57. The fourth-order valence-electron chi connectivity index (χ4n) is 5.89. The van der Waals surface area contributed by atoms with Crippen LogP contribution in [0.4, 0.5) is 0 Å². The number of unbranched alkanes of at least 4 members (excludes halogenated alkanes) is 5. The van der Waals surface area contributed by atoms with Crippen LogP contribution >= 0.6 is 0 Å². The van der Waals surface area contributed by atoms with Crippen molar-refractivity contribution in [2.75, 3.05) is 6.61 Å². The van der Waals surface area contributed by atoms with Crippen LogP contribution in [0.15, 0.2) is 48.5 Å². The van der Waals surface area contributed by atoms with Crippen molar-refractivity contribution in [2.45, 2.75) is 103 Å². The van der Waals surface area contributed by atoms with E-state index < -0.39 is 0 Å². The molecule has 0 bridgehead atoms. The first kappa shape index (κ1) is 26.1. The quantitative estimate of drug-likeness (QED) is 0.241. The van der Waals surface area contributed by atoms with Gasteiger partial charge in [0, 0.05) is 17.4 Å². The molecule has 35 heavy (non-hydrogen) atoms. The van der Waals surface area contributed by atoms with Gasteiger partial charge in [0.25, 0.3) is 0 Å². The van der Waals surface area contributed by atoms with Crippen LogP contribution in [0.5, 0.6) is 0 Å². The normalized spacial score (nSPS) is 27.0. The van der Waals surface area contributed by atoms with E-state index in [1.54, 1.807) is 0 Å². The van der Waals surface area contributed by atoms with Crippen molar-refractivity contribution in [3.63, 3.8) is 0 Å². The highest BCUT2D eigenvalue weighted by Crippen LogP contribution is 2.40. The zero-order valence-electron chi connectivity index (χ0n) is 21.8. The standard InChI is InChI=1S/C32H44O3/c1-3-4-5-6-7-8-9-31-23-34-32(35-24(31)2)30-20-18-29(19-21-30)28-16-14-27(15-17-28)26-12-10-25(22-33)11-13-26/h10-17,22,24,29-32H,3-9,18-21,23H2,1-2H3/t24-,29?,30?,31+,32+/m0/s1. The fraction of sp³-hybridized carbons (Fsp3) is 0.594. The highest BCUT2D eigenvalue weighted by molar-refractivity contribution is 5.76. The molecule has 2 aromatic rings. The molecular formula is C32H44O3. The van der Waals surface area contributed by atoms with Gasteiger partial charge >= 0.3 is 0 Å². The molecule has 3 heteroatoms. The lowest BCUT2D eigenvalue weighted by atomic mass is 9.78. The van der Waals surface area contributed by atoms with Crippen LogP contribution in [0.25, 0.3) is 11.1 Å². The van der Waals surface area contributed by atoms with E-state index >= 15 is 0 Å². The number of ether oxygens (including phenoxy) is 2. The van der Waals surface area contributed by atoms with Crippen molar-refractivity contribution in [1.82, 2.24) is 0 Å². The highest BCUT2D eigenvalue weighted by atomic mass is 16.7. The van der Waals surface area contributed by atoms with Gasteiger partial charge in [0.15, 0.2) is 6.29 Å². The third-order valence-electron chi connectivity index (χ3n) is 8.33. The molecule has 1 aliphatic heterocycles. The zero-order chi connectivity index (χ0) is 24.5. The highest BCUT2D eigenvalue weighted by Gasteiger charge is 2.35. The number of rotatable bonds is 11. The van der Waals surface area contributed by atoms with Gasteiger partial charge in [-0.3, -0.25) is 4.79 Å². The first-order valence-corrected chi connectivity index (χ1v) is 14.1. The van der Waals surface area contributed by atoms with Gasteiger partial charge in [-0.15, -0.1) is 0 Å². The molecule has 2 aromatic carbocycles. The van der Waals surface area contributed by atoms with Crippen LogP contribution in [0.3, 0.4) is 0 Å². The van der Waals surface area contributed by atoms with Crippen LogP contribution in [0.1, 0.15) is 106 Å². The topological polar surface area (TPSA) is 35.5 Å². The predicted molar refractivity (Wildman–Crippen MR) is 144 cm³/mol. The molecule has 0 aromatic heterocycles. The average Bonchev–Trinajstić information content (AvgIpc) is 2.91. The first-order chi connectivity index (χ1) is 17.2. The van der Waals surface area contributed by atoms with Crippen molar-refractivity contribution >= 4 is 6.29 Å². The Morgan fingerprint density at radius 3 is 2.09 bits per heavy atom. The second kappa shape index (κ2) is 13.4.